The molecule has 3 N–H and O–H groups in total. The maximum atomic E-state index is 12.9. The molecule has 2 aromatic rings. The monoisotopic (exact) mass is 371 g/mol. The number of benzene rings is 1. The van der Waals surface area contributed by atoms with Gasteiger partial charge in [0.2, 0.25) is 0 Å². The molecule has 0 saturated carbocycles. The lowest BCUT2D eigenvalue weighted by atomic mass is 10.0. The van der Waals surface area contributed by atoms with Gasteiger partial charge in [-0.15, -0.1) is 0 Å². The Morgan fingerprint density at radius 1 is 1.22 bits per heavy atom. The smallest absolute Gasteiger partial charge is 0.300 e. The van der Waals surface area contributed by atoms with E-state index in [4.69, 9.17) is 20.4 Å². The summed E-state index contributed by atoms with van der Waals surface area (Å²) in [6.45, 7) is 3.19. The third kappa shape index (κ3) is 6.07. The highest BCUT2D eigenvalue weighted by Crippen LogP contribution is 2.22. The first-order chi connectivity index (χ1) is 13.0. The summed E-state index contributed by atoms with van der Waals surface area (Å²) in [5, 5.41) is 7.42. The van der Waals surface area contributed by atoms with Crippen LogP contribution in [0.3, 0.4) is 0 Å². The molecule has 0 spiro atoms. The van der Waals surface area contributed by atoms with E-state index in [1.54, 1.807) is 18.3 Å². The molecule has 0 aliphatic carbocycles. The van der Waals surface area contributed by atoms with Gasteiger partial charge in [0.05, 0.1) is 0 Å². The van der Waals surface area contributed by atoms with Gasteiger partial charge in [-0.05, 0) is 36.1 Å². The number of pyridine rings is 1. The molecule has 1 aromatic carbocycles. The quantitative estimate of drug-likeness (QED) is 0.853. The number of carboxylic acids is 1. The normalized spacial score (nSPS) is 12.9. The van der Waals surface area contributed by atoms with E-state index in [9.17, 15) is 4.79 Å². The van der Waals surface area contributed by atoms with Gasteiger partial charge in [-0.25, -0.2) is 4.98 Å². The fourth-order valence-corrected chi connectivity index (χ4v) is 2.86. The molecule has 1 aliphatic heterocycles. The Morgan fingerprint density at radius 2 is 1.93 bits per heavy atom. The van der Waals surface area contributed by atoms with Gasteiger partial charge < -0.3 is 20.5 Å². The molecule has 144 valence electrons. The van der Waals surface area contributed by atoms with E-state index in [1.165, 1.54) is 11.1 Å². The summed E-state index contributed by atoms with van der Waals surface area (Å²) in [7, 11) is 0. The average molecular weight is 371 g/mol. The SMILES string of the molecule is CC(=O)O.NCCOc1cccnc1C(=O)N1CCCc2ccccc2C1. The number of ether oxygens (including phenoxy) is 1. The number of fused-ring (bicyclic) bond motifs is 1. The predicted octanol–water partition coefficient (Wildman–Crippen LogP) is 2.10. The summed E-state index contributed by atoms with van der Waals surface area (Å²) in [5.74, 6) is -0.421. The zero-order valence-corrected chi connectivity index (χ0v) is 15.4. The summed E-state index contributed by atoms with van der Waals surface area (Å²) in [4.78, 5) is 28.0. The van der Waals surface area contributed by atoms with E-state index < -0.39 is 5.97 Å². The topological polar surface area (TPSA) is 106 Å². The molecule has 3 rings (SSSR count). The third-order valence-corrected chi connectivity index (χ3v) is 3.99. The van der Waals surface area contributed by atoms with Crippen molar-refractivity contribution in [2.75, 3.05) is 19.7 Å². The number of carbonyl (C=O) groups excluding carboxylic acids is 1. The summed E-state index contributed by atoms with van der Waals surface area (Å²) < 4.78 is 5.56. The van der Waals surface area contributed by atoms with Crippen LogP contribution in [-0.2, 0) is 17.8 Å². The van der Waals surface area contributed by atoms with Crippen molar-refractivity contribution in [2.45, 2.75) is 26.3 Å². The Kier molecular flexibility index (Phi) is 7.76. The molecule has 0 atom stereocenters. The molecule has 0 fully saturated rings. The molecule has 27 heavy (non-hydrogen) atoms. The number of hydrogen-bond acceptors (Lipinski definition) is 5. The van der Waals surface area contributed by atoms with Gasteiger partial charge in [0.25, 0.3) is 11.9 Å². The van der Waals surface area contributed by atoms with Crippen molar-refractivity contribution in [1.82, 2.24) is 9.88 Å². The first kappa shape index (κ1) is 20.4. The number of aromatic nitrogens is 1. The van der Waals surface area contributed by atoms with Crippen molar-refractivity contribution in [1.29, 1.82) is 0 Å². The Balaban J connectivity index is 0.000000596. The van der Waals surface area contributed by atoms with Crippen molar-refractivity contribution >= 4 is 11.9 Å². The second-order valence-corrected chi connectivity index (χ2v) is 6.11. The molecule has 0 unspecified atom stereocenters. The van der Waals surface area contributed by atoms with E-state index in [-0.39, 0.29) is 5.91 Å². The lowest BCUT2D eigenvalue weighted by molar-refractivity contribution is -0.134. The summed E-state index contributed by atoms with van der Waals surface area (Å²) in [6.07, 6.45) is 3.57. The minimum absolute atomic E-state index is 0.0886. The van der Waals surface area contributed by atoms with E-state index >= 15 is 0 Å². The van der Waals surface area contributed by atoms with Crippen LogP contribution in [0.1, 0.15) is 35.0 Å². The predicted molar refractivity (Wildman–Crippen MR) is 102 cm³/mol. The third-order valence-electron chi connectivity index (χ3n) is 3.99. The van der Waals surface area contributed by atoms with Gasteiger partial charge in [0.1, 0.15) is 6.61 Å². The number of amides is 1. The van der Waals surface area contributed by atoms with E-state index in [2.05, 4.69) is 17.1 Å². The number of hydrogen-bond donors (Lipinski definition) is 2. The molecule has 1 aromatic heterocycles. The van der Waals surface area contributed by atoms with E-state index in [0.29, 0.717) is 31.1 Å². The maximum Gasteiger partial charge on any atom is 0.300 e. The van der Waals surface area contributed by atoms with Gasteiger partial charge >= 0.3 is 0 Å². The van der Waals surface area contributed by atoms with Crippen molar-refractivity contribution in [3.8, 4) is 5.75 Å². The summed E-state index contributed by atoms with van der Waals surface area (Å²) >= 11 is 0. The van der Waals surface area contributed by atoms with Gasteiger partial charge in [0, 0.05) is 32.8 Å². The second-order valence-electron chi connectivity index (χ2n) is 6.11. The molecule has 1 amide bonds. The number of nitrogens with two attached hydrogens (primary N) is 1. The number of rotatable bonds is 4. The molecule has 1 aliphatic rings. The van der Waals surface area contributed by atoms with Gasteiger partial charge in [-0.2, -0.15) is 0 Å². The average Bonchev–Trinajstić information content (AvgIpc) is 2.88. The minimum Gasteiger partial charge on any atom is -0.490 e. The van der Waals surface area contributed by atoms with Crippen LogP contribution in [0.25, 0.3) is 0 Å². The molecule has 2 heterocycles. The number of aryl methyl sites for hydroxylation is 1. The molecule has 7 heteroatoms. The zero-order valence-electron chi connectivity index (χ0n) is 15.4. The Bertz CT molecular complexity index is 775. The molecule has 7 nitrogen and oxygen atoms in total. The van der Waals surface area contributed by atoms with E-state index in [1.807, 2.05) is 17.0 Å². The molecular weight excluding hydrogens is 346 g/mol. The second kappa shape index (κ2) is 10.3. The molecule has 0 saturated heterocycles. The molecule has 0 radical (unpaired) electrons. The fraction of sp³-hybridized carbons (Fsp3) is 0.350. The molecular formula is C20H25N3O4. The summed E-state index contributed by atoms with van der Waals surface area (Å²) in [6, 6.07) is 11.8. The van der Waals surface area contributed by atoms with Crippen LogP contribution in [0.15, 0.2) is 42.6 Å². The number of carboxylic acid groups (broad SMARTS) is 1. The highest BCUT2D eigenvalue weighted by Gasteiger charge is 2.23. The van der Waals surface area contributed by atoms with Crippen LogP contribution in [-0.4, -0.2) is 46.6 Å². The lowest BCUT2D eigenvalue weighted by Gasteiger charge is -2.21. The zero-order chi connectivity index (χ0) is 19.6. The number of aliphatic carboxylic acids is 1. The fourth-order valence-electron chi connectivity index (χ4n) is 2.86. The van der Waals surface area contributed by atoms with Crippen molar-refractivity contribution in [3.63, 3.8) is 0 Å². The largest absolute Gasteiger partial charge is 0.490 e. The minimum atomic E-state index is -0.833. The Hall–Kier alpha value is -2.93. The first-order valence-electron chi connectivity index (χ1n) is 8.86. The van der Waals surface area contributed by atoms with Crippen molar-refractivity contribution in [2.24, 2.45) is 5.73 Å². The Labute approximate surface area is 158 Å². The highest BCUT2D eigenvalue weighted by atomic mass is 16.5. The van der Waals surface area contributed by atoms with Crippen LogP contribution in [0, 0.1) is 0 Å². The number of carbonyl (C=O) groups is 2. The summed E-state index contributed by atoms with van der Waals surface area (Å²) in [5.41, 5.74) is 8.37. The maximum absolute atomic E-state index is 12.9. The standard InChI is InChI=1S/C18H21N3O2.C2H4O2/c19-9-12-23-16-8-3-10-20-17(16)18(22)21-11-4-7-14-5-1-2-6-15(14)13-21;1-2(3)4/h1-3,5-6,8,10H,4,7,9,11-13,19H2;1H3,(H,3,4). The van der Waals surface area contributed by atoms with Crippen LogP contribution < -0.4 is 10.5 Å². The lowest BCUT2D eigenvalue weighted by Crippen LogP contribution is -2.31. The van der Waals surface area contributed by atoms with Crippen LogP contribution in [0.5, 0.6) is 5.75 Å². The van der Waals surface area contributed by atoms with Gasteiger partial charge in [-0.1, -0.05) is 24.3 Å². The van der Waals surface area contributed by atoms with Crippen LogP contribution in [0.2, 0.25) is 0 Å². The van der Waals surface area contributed by atoms with Gasteiger partial charge in [-0.3, -0.25) is 9.59 Å². The van der Waals surface area contributed by atoms with Crippen molar-refractivity contribution in [3.05, 3.63) is 59.4 Å². The van der Waals surface area contributed by atoms with Gasteiger partial charge in [0.15, 0.2) is 11.4 Å². The number of nitrogens with zero attached hydrogens (tertiary/aromatic N) is 2. The molecule has 0 bridgehead atoms. The van der Waals surface area contributed by atoms with Crippen LogP contribution in [0.4, 0.5) is 0 Å². The first-order valence-corrected chi connectivity index (χ1v) is 8.86. The van der Waals surface area contributed by atoms with Crippen molar-refractivity contribution < 1.29 is 19.4 Å². The van der Waals surface area contributed by atoms with E-state index in [0.717, 1.165) is 26.3 Å². The van der Waals surface area contributed by atoms with Crippen LogP contribution >= 0.6 is 0 Å². The Morgan fingerprint density at radius 3 is 2.63 bits per heavy atom. The highest BCUT2D eigenvalue weighted by molar-refractivity contribution is 5.95.